The summed E-state index contributed by atoms with van der Waals surface area (Å²) in [4.78, 5) is 24.0. The van der Waals surface area contributed by atoms with Gasteiger partial charge in [-0.3, -0.25) is 4.79 Å². The van der Waals surface area contributed by atoms with Crippen LogP contribution in [0.5, 0.6) is 0 Å². The topological polar surface area (TPSA) is 37.4 Å². The Morgan fingerprint density at radius 1 is 1.38 bits per heavy atom. The molecule has 1 aromatic rings. The van der Waals surface area contributed by atoms with Crippen LogP contribution in [0.2, 0.25) is 0 Å². The van der Waals surface area contributed by atoms with Gasteiger partial charge in [0, 0.05) is 12.1 Å². The van der Waals surface area contributed by atoms with Crippen LogP contribution in [-0.4, -0.2) is 35.9 Å². The van der Waals surface area contributed by atoms with E-state index in [9.17, 15) is 14.0 Å². The highest BCUT2D eigenvalue weighted by atomic mass is 19.1. The van der Waals surface area contributed by atoms with Gasteiger partial charge in [0.2, 0.25) is 0 Å². The van der Waals surface area contributed by atoms with E-state index in [0.29, 0.717) is 18.4 Å². The molecular weight excluding hydrogens is 209 g/mol. The van der Waals surface area contributed by atoms with Crippen molar-refractivity contribution < 1.29 is 14.0 Å². The van der Waals surface area contributed by atoms with E-state index in [-0.39, 0.29) is 12.3 Å². The first-order valence-corrected chi connectivity index (χ1v) is 5.19. The molecule has 3 nitrogen and oxygen atoms in total. The minimum atomic E-state index is -1.23. The second kappa shape index (κ2) is 4.43. The van der Waals surface area contributed by atoms with E-state index >= 15 is 0 Å². The molecule has 4 heteroatoms. The van der Waals surface area contributed by atoms with Gasteiger partial charge in [0.25, 0.3) is 5.91 Å². The van der Waals surface area contributed by atoms with Crippen molar-refractivity contribution in [3.8, 4) is 0 Å². The number of nitrogens with zero attached hydrogens (tertiary/aromatic N) is 1. The number of carbonyl (C=O) groups excluding carboxylic acids is 2. The van der Waals surface area contributed by atoms with Gasteiger partial charge in [-0.05, 0) is 18.6 Å². The first-order valence-electron chi connectivity index (χ1n) is 5.19. The molecule has 2 unspecified atom stereocenters. The molecule has 0 radical (unpaired) electrons. The molecule has 1 aliphatic heterocycles. The van der Waals surface area contributed by atoms with Crippen LogP contribution >= 0.6 is 0 Å². The second-order valence-corrected chi connectivity index (χ2v) is 3.80. The van der Waals surface area contributed by atoms with Crippen LogP contribution in [0.15, 0.2) is 30.3 Å². The third-order valence-corrected chi connectivity index (χ3v) is 2.80. The monoisotopic (exact) mass is 221 g/mol. The smallest absolute Gasteiger partial charge is 0.254 e. The quantitative estimate of drug-likeness (QED) is 0.708. The van der Waals surface area contributed by atoms with Crippen molar-refractivity contribution in [2.24, 2.45) is 0 Å². The average Bonchev–Trinajstić information content (AvgIpc) is 2.70. The van der Waals surface area contributed by atoms with Crippen molar-refractivity contribution in [3.05, 3.63) is 35.9 Å². The highest BCUT2D eigenvalue weighted by Crippen LogP contribution is 2.21. The van der Waals surface area contributed by atoms with Crippen molar-refractivity contribution >= 4 is 12.2 Å². The number of aldehydes is 1. The number of amides is 1. The molecule has 1 heterocycles. The van der Waals surface area contributed by atoms with Gasteiger partial charge >= 0.3 is 0 Å². The number of halogens is 1. The van der Waals surface area contributed by atoms with Crippen LogP contribution in [-0.2, 0) is 4.79 Å². The van der Waals surface area contributed by atoms with Crippen LogP contribution < -0.4 is 0 Å². The fourth-order valence-electron chi connectivity index (χ4n) is 1.92. The number of hydrogen-bond donors (Lipinski definition) is 0. The number of alkyl halides is 1. The lowest BCUT2D eigenvalue weighted by molar-refractivity contribution is -0.112. The SMILES string of the molecule is O=CC1C(F)CCN1C(=O)c1ccccc1. The minimum Gasteiger partial charge on any atom is -0.326 e. The third kappa shape index (κ3) is 1.83. The first-order chi connectivity index (χ1) is 7.74. The highest BCUT2D eigenvalue weighted by Gasteiger charge is 2.37. The molecular formula is C12H12FNO2. The van der Waals surface area contributed by atoms with Gasteiger partial charge in [-0.25, -0.2) is 4.39 Å². The Balaban J connectivity index is 2.20. The lowest BCUT2D eigenvalue weighted by Crippen LogP contribution is -2.39. The lowest BCUT2D eigenvalue weighted by Gasteiger charge is -2.20. The molecule has 2 atom stereocenters. The number of hydrogen-bond acceptors (Lipinski definition) is 2. The third-order valence-electron chi connectivity index (χ3n) is 2.80. The molecule has 1 saturated heterocycles. The molecule has 1 fully saturated rings. The Kier molecular flexibility index (Phi) is 2.99. The first kappa shape index (κ1) is 10.8. The van der Waals surface area contributed by atoms with E-state index in [1.807, 2.05) is 0 Å². The van der Waals surface area contributed by atoms with E-state index in [1.165, 1.54) is 4.90 Å². The standard InChI is InChI=1S/C12H12FNO2/c13-10-6-7-14(11(10)8-15)12(16)9-4-2-1-3-5-9/h1-5,8,10-11H,6-7H2. The predicted octanol–water partition coefficient (Wildman–Crippen LogP) is 1.44. The lowest BCUT2D eigenvalue weighted by atomic mass is 10.1. The van der Waals surface area contributed by atoms with Gasteiger partial charge in [-0.15, -0.1) is 0 Å². The van der Waals surface area contributed by atoms with Crippen LogP contribution in [0.4, 0.5) is 4.39 Å². The molecule has 1 amide bonds. The van der Waals surface area contributed by atoms with Gasteiger partial charge < -0.3 is 9.69 Å². The van der Waals surface area contributed by atoms with Gasteiger partial charge in [-0.1, -0.05) is 18.2 Å². The molecule has 0 aliphatic carbocycles. The van der Waals surface area contributed by atoms with Crippen molar-refractivity contribution in [1.29, 1.82) is 0 Å². The summed E-state index contributed by atoms with van der Waals surface area (Å²) in [5.74, 6) is -0.280. The molecule has 1 aromatic carbocycles. The van der Waals surface area contributed by atoms with E-state index in [0.717, 1.165) is 0 Å². The Labute approximate surface area is 92.9 Å². The normalized spacial score (nSPS) is 24.4. The van der Waals surface area contributed by atoms with Crippen LogP contribution in [0.1, 0.15) is 16.8 Å². The largest absolute Gasteiger partial charge is 0.326 e. The number of carbonyl (C=O) groups is 2. The Hall–Kier alpha value is -1.71. The maximum atomic E-state index is 13.3. The molecule has 0 spiro atoms. The average molecular weight is 221 g/mol. The number of rotatable bonds is 2. The summed E-state index contributed by atoms with van der Waals surface area (Å²) < 4.78 is 13.3. The Bertz CT molecular complexity index is 393. The molecule has 2 rings (SSSR count). The van der Waals surface area contributed by atoms with Gasteiger partial charge in [0.15, 0.2) is 0 Å². The minimum absolute atomic E-state index is 0.238. The molecule has 0 aromatic heterocycles. The van der Waals surface area contributed by atoms with Crippen molar-refractivity contribution in [3.63, 3.8) is 0 Å². The van der Waals surface area contributed by atoms with E-state index in [2.05, 4.69) is 0 Å². The summed E-state index contributed by atoms with van der Waals surface area (Å²) in [6.07, 6.45) is -0.481. The van der Waals surface area contributed by atoms with Gasteiger partial charge in [0.1, 0.15) is 18.5 Å². The van der Waals surface area contributed by atoms with Gasteiger partial charge in [-0.2, -0.15) is 0 Å². The molecule has 16 heavy (non-hydrogen) atoms. The molecule has 84 valence electrons. The van der Waals surface area contributed by atoms with Crippen molar-refractivity contribution in [2.45, 2.75) is 18.6 Å². The fourth-order valence-corrected chi connectivity index (χ4v) is 1.92. The maximum absolute atomic E-state index is 13.3. The van der Waals surface area contributed by atoms with E-state index < -0.39 is 12.2 Å². The number of likely N-dealkylation sites (tertiary alicyclic amines) is 1. The summed E-state index contributed by atoms with van der Waals surface area (Å²) in [7, 11) is 0. The van der Waals surface area contributed by atoms with Crippen LogP contribution in [0.25, 0.3) is 0 Å². The zero-order valence-electron chi connectivity index (χ0n) is 8.67. The zero-order chi connectivity index (χ0) is 11.5. The van der Waals surface area contributed by atoms with Crippen molar-refractivity contribution in [1.82, 2.24) is 4.90 Å². The predicted molar refractivity (Wildman–Crippen MR) is 56.8 cm³/mol. The summed E-state index contributed by atoms with van der Waals surface area (Å²) >= 11 is 0. The zero-order valence-corrected chi connectivity index (χ0v) is 8.67. The molecule has 0 bridgehead atoms. The highest BCUT2D eigenvalue weighted by molar-refractivity contribution is 5.96. The number of benzene rings is 1. The Morgan fingerprint density at radius 3 is 2.69 bits per heavy atom. The summed E-state index contributed by atoms with van der Waals surface area (Å²) in [5, 5.41) is 0. The molecule has 0 N–H and O–H groups in total. The van der Waals surface area contributed by atoms with Crippen molar-refractivity contribution in [2.75, 3.05) is 6.54 Å². The summed E-state index contributed by atoms with van der Waals surface area (Å²) in [6, 6.07) is 7.69. The summed E-state index contributed by atoms with van der Waals surface area (Å²) in [6.45, 7) is 0.304. The van der Waals surface area contributed by atoms with Crippen LogP contribution in [0, 0.1) is 0 Å². The second-order valence-electron chi connectivity index (χ2n) is 3.80. The Morgan fingerprint density at radius 2 is 2.06 bits per heavy atom. The molecule has 0 saturated carbocycles. The fraction of sp³-hybridized carbons (Fsp3) is 0.333. The summed E-state index contributed by atoms with van der Waals surface area (Å²) in [5.41, 5.74) is 0.489. The van der Waals surface area contributed by atoms with Gasteiger partial charge in [0.05, 0.1) is 0 Å². The van der Waals surface area contributed by atoms with Crippen LogP contribution in [0.3, 0.4) is 0 Å². The van der Waals surface area contributed by atoms with E-state index in [1.54, 1.807) is 30.3 Å². The van der Waals surface area contributed by atoms with E-state index in [4.69, 9.17) is 0 Å². The molecule has 1 aliphatic rings. The maximum Gasteiger partial charge on any atom is 0.254 e.